The second kappa shape index (κ2) is 5.82. The Morgan fingerprint density at radius 2 is 2.00 bits per heavy atom. The average Bonchev–Trinajstić information content (AvgIpc) is 3.27. The number of aromatic amines is 1. The summed E-state index contributed by atoms with van der Waals surface area (Å²) in [4.78, 5) is 26.7. The van der Waals surface area contributed by atoms with E-state index in [0.29, 0.717) is 13.1 Å². The lowest BCUT2D eigenvalue weighted by Crippen LogP contribution is -2.41. The van der Waals surface area contributed by atoms with Crippen LogP contribution in [0.15, 0.2) is 18.5 Å². The number of likely N-dealkylation sites (tertiary alicyclic amines) is 1. The Kier molecular flexibility index (Phi) is 3.85. The Hall–Kier alpha value is -2.71. The van der Waals surface area contributed by atoms with Crippen molar-refractivity contribution in [2.24, 2.45) is 0 Å². The average molecular weight is 317 g/mol. The summed E-state index contributed by atoms with van der Waals surface area (Å²) in [7, 11) is 0. The molecule has 1 fully saturated rings. The minimum atomic E-state index is -0.920. The molecule has 2 amide bonds. The number of carbonyl (C=O) groups excluding carboxylic acids is 2. The lowest BCUT2D eigenvalue weighted by molar-refractivity contribution is -0.123. The van der Waals surface area contributed by atoms with E-state index < -0.39 is 5.54 Å². The normalized spacial score (nSPS) is 15.0. The first-order valence-electron chi connectivity index (χ1n) is 7.52. The number of carbonyl (C=O) groups is 2. The van der Waals surface area contributed by atoms with E-state index in [1.54, 1.807) is 41.9 Å². The summed E-state index contributed by atoms with van der Waals surface area (Å²) in [6.45, 7) is 4.88. The SMILES string of the molecule is CC(C)(C(=O)Nc1n[nH]nc1C(=O)N1CCCC1)n1cccn1. The zero-order valence-electron chi connectivity index (χ0n) is 13.1. The number of nitrogens with zero attached hydrogens (tertiary/aromatic N) is 5. The van der Waals surface area contributed by atoms with Crippen molar-refractivity contribution in [1.82, 2.24) is 30.1 Å². The van der Waals surface area contributed by atoms with Gasteiger partial charge in [0.25, 0.3) is 11.8 Å². The third kappa shape index (κ3) is 2.81. The zero-order chi connectivity index (χ0) is 16.4. The van der Waals surface area contributed by atoms with Gasteiger partial charge in [0, 0.05) is 25.5 Å². The molecule has 2 aromatic rings. The van der Waals surface area contributed by atoms with Gasteiger partial charge in [0.1, 0.15) is 5.54 Å². The Balaban J connectivity index is 1.77. The number of anilines is 1. The molecule has 0 atom stereocenters. The van der Waals surface area contributed by atoms with Crippen LogP contribution in [-0.2, 0) is 10.3 Å². The highest BCUT2D eigenvalue weighted by atomic mass is 16.2. The first-order chi connectivity index (χ1) is 11.0. The van der Waals surface area contributed by atoms with E-state index in [-0.39, 0.29) is 23.3 Å². The molecule has 0 bridgehead atoms. The standard InChI is InChI=1S/C14H19N7O2/c1-14(2,21-9-5-6-15-21)13(23)16-11-10(17-19-18-11)12(22)20-7-3-4-8-20/h5-6,9H,3-4,7-8H2,1-2H3,(H2,16,17,18,19,23). The van der Waals surface area contributed by atoms with Crippen LogP contribution >= 0.6 is 0 Å². The second-order valence-electron chi connectivity index (χ2n) is 5.98. The van der Waals surface area contributed by atoms with E-state index in [9.17, 15) is 9.59 Å². The van der Waals surface area contributed by atoms with Crippen LogP contribution in [0.25, 0.3) is 0 Å². The molecule has 2 aromatic heterocycles. The van der Waals surface area contributed by atoms with E-state index in [0.717, 1.165) is 12.8 Å². The molecule has 9 heteroatoms. The van der Waals surface area contributed by atoms with Crippen molar-refractivity contribution in [3.63, 3.8) is 0 Å². The summed E-state index contributed by atoms with van der Waals surface area (Å²) < 4.78 is 1.55. The molecule has 0 aromatic carbocycles. The number of rotatable bonds is 4. The fraction of sp³-hybridized carbons (Fsp3) is 0.500. The molecule has 122 valence electrons. The Labute approximate surface area is 133 Å². The first-order valence-corrected chi connectivity index (χ1v) is 7.52. The lowest BCUT2D eigenvalue weighted by Gasteiger charge is -2.23. The fourth-order valence-electron chi connectivity index (χ4n) is 2.50. The van der Waals surface area contributed by atoms with Gasteiger partial charge in [-0.3, -0.25) is 14.3 Å². The quantitative estimate of drug-likeness (QED) is 0.859. The van der Waals surface area contributed by atoms with Crippen molar-refractivity contribution in [2.45, 2.75) is 32.2 Å². The molecule has 1 saturated heterocycles. The van der Waals surface area contributed by atoms with Crippen LogP contribution in [0, 0.1) is 0 Å². The Bertz CT molecular complexity index is 699. The van der Waals surface area contributed by atoms with Crippen LogP contribution in [-0.4, -0.2) is 55.0 Å². The van der Waals surface area contributed by atoms with Crippen molar-refractivity contribution < 1.29 is 9.59 Å². The van der Waals surface area contributed by atoms with Gasteiger partial charge in [0.15, 0.2) is 11.5 Å². The number of aromatic nitrogens is 5. The molecule has 3 rings (SSSR count). The smallest absolute Gasteiger partial charge is 0.278 e. The highest BCUT2D eigenvalue weighted by molar-refractivity contribution is 6.02. The highest BCUT2D eigenvalue weighted by Gasteiger charge is 2.33. The first kappa shape index (κ1) is 15.2. The number of amides is 2. The number of hydrogen-bond acceptors (Lipinski definition) is 5. The maximum Gasteiger partial charge on any atom is 0.278 e. The van der Waals surface area contributed by atoms with Gasteiger partial charge in [0.05, 0.1) is 0 Å². The summed E-state index contributed by atoms with van der Waals surface area (Å²) in [5.74, 6) is -0.402. The zero-order valence-corrected chi connectivity index (χ0v) is 13.1. The monoisotopic (exact) mass is 317 g/mol. The summed E-state index contributed by atoms with van der Waals surface area (Å²) in [5, 5.41) is 17.0. The molecule has 0 spiro atoms. The number of H-pyrrole nitrogens is 1. The molecule has 1 aliphatic heterocycles. The van der Waals surface area contributed by atoms with Crippen molar-refractivity contribution in [3.8, 4) is 0 Å². The molecule has 0 radical (unpaired) electrons. The van der Waals surface area contributed by atoms with Gasteiger partial charge >= 0.3 is 0 Å². The van der Waals surface area contributed by atoms with Crippen LogP contribution in [0.3, 0.4) is 0 Å². The summed E-state index contributed by atoms with van der Waals surface area (Å²) in [5.41, 5.74) is -0.785. The van der Waals surface area contributed by atoms with Gasteiger partial charge in [0.2, 0.25) is 0 Å². The number of nitrogens with one attached hydrogen (secondary N) is 2. The third-order valence-corrected chi connectivity index (χ3v) is 4.01. The van der Waals surface area contributed by atoms with Crippen molar-refractivity contribution in [3.05, 3.63) is 24.2 Å². The van der Waals surface area contributed by atoms with Crippen LogP contribution in [0.2, 0.25) is 0 Å². The lowest BCUT2D eigenvalue weighted by atomic mass is 10.1. The molecule has 0 aliphatic carbocycles. The van der Waals surface area contributed by atoms with Gasteiger partial charge < -0.3 is 10.2 Å². The second-order valence-corrected chi connectivity index (χ2v) is 5.98. The van der Waals surface area contributed by atoms with E-state index in [2.05, 4.69) is 25.8 Å². The summed E-state index contributed by atoms with van der Waals surface area (Å²) >= 11 is 0. The van der Waals surface area contributed by atoms with Gasteiger partial charge in [-0.1, -0.05) is 0 Å². The van der Waals surface area contributed by atoms with Gasteiger partial charge in [-0.2, -0.15) is 10.3 Å². The number of hydrogen-bond donors (Lipinski definition) is 2. The van der Waals surface area contributed by atoms with Gasteiger partial charge in [-0.05, 0) is 32.8 Å². The topological polar surface area (TPSA) is 109 Å². The van der Waals surface area contributed by atoms with E-state index in [1.165, 1.54) is 0 Å². The maximum absolute atomic E-state index is 12.5. The van der Waals surface area contributed by atoms with E-state index in [1.807, 2.05) is 0 Å². The molecule has 9 nitrogen and oxygen atoms in total. The molecule has 0 saturated carbocycles. The van der Waals surface area contributed by atoms with Crippen molar-refractivity contribution in [2.75, 3.05) is 18.4 Å². The molecule has 2 N–H and O–H groups in total. The minimum absolute atomic E-state index is 0.136. The fourth-order valence-corrected chi connectivity index (χ4v) is 2.50. The predicted octanol–water partition coefficient (Wildman–Crippen LogP) is 0.611. The van der Waals surface area contributed by atoms with E-state index >= 15 is 0 Å². The summed E-state index contributed by atoms with van der Waals surface area (Å²) in [6, 6.07) is 1.74. The summed E-state index contributed by atoms with van der Waals surface area (Å²) in [6.07, 6.45) is 5.28. The largest absolute Gasteiger partial charge is 0.337 e. The van der Waals surface area contributed by atoms with E-state index in [4.69, 9.17) is 0 Å². The molecule has 3 heterocycles. The molecule has 0 unspecified atom stereocenters. The van der Waals surface area contributed by atoms with Crippen LogP contribution in [0.5, 0.6) is 0 Å². The minimum Gasteiger partial charge on any atom is -0.337 e. The van der Waals surface area contributed by atoms with Crippen molar-refractivity contribution in [1.29, 1.82) is 0 Å². The predicted molar refractivity (Wildman–Crippen MR) is 81.7 cm³/mol. The third-order valence-electron chi connectivity index (χ3n) is 4.01. The van der Waals surface area contributed by atoms with Crippen LogP contribution < -0.4 is 5.32 Å². The Morgan fingerprint density at radius 1 is 1.26 bits per heavy atom. The van der Waals surface area contributed by atoms with Crippen LogP contribution in [0.1, 0.15) is 37.2 Å². The molecular formula is C14H19N7O2. The van der Waals surface area contributed by atoms with Crippen LogP contribution in [0.4, 0.5) is 5.82 Å². The van der Waals surface area contributed by atoms with Gasteiger partial charge in [-0.25, -0.2) is 0 Å². The highest BCUT2D eigenvalue weighted by Crippen LogP contribution is 2.20. The maximum atomic E-state index is 12.5. The molecular weight excluding hydrogens is 298 g/mol. The Morgan fingerprint density at radius 3 is 2.65 bits per heavy atom. The molecule has 23 heavy (non-hydrogen) atoms. The molecule has 1 aliphatic rings. The van der Waals surface area contributed by atoms with Gasteiger partial charge in [-0.15, -0.1) is 10.2 Å². The van der Waals surface area contributed by atoms with Crippen molar-refractivity contribution >= 4 is 17.6 Å².